The Bertz CT molecular complexity index is 6180. The molecule has 682 valence electrons. The first-order chi connectivity index (χ1) is 59.4. The molecule has 127 heavy (non-hydrogen) atoms. The van der Waals surface area contributed by atoms with Gasteiger partial charge < -0.3 is 47.3 Å². The zero-order valence-electron chi connectivity index (χ0n) is 67.9. The normalized spacial score (nSPS) is 12.2. The average Bonchev–Trinajstić information content (AvgIpc) is 0.785. The molecule has 0 saturated carbocycles. The van der Waals surface area contributed by atoms with E-state index >= 15 is 0 Å². The molecule has 0 spiro atoms. The van der Waals surface area contributed by atoms with Gasteiger partial charge in [-0.05, 0) is 188 Å². The van der Waals surface area contributed by atoms with Crippen LogP contribution in [0.1, 0.15) is 88.6 Å². The van der Waals surface area contributed by atoms with Gasteiger partial charge in [0, 0.05) is 33.4 Å². The second kappa shape index (κ2) is 44.8. The van der Waals surface area contributed by atoms with Gasteiger partial charge in [0.25, 0.3) is 0 Å². The Morgan fingerprint density at radius 1 is 0.346 bits per heavy atom. The molecule has 8 N–H and O–H groups in total. The predicted octanol–water partition coefficient (Wildman–Crippen LogP) is 21.7. The van der Waals surface area contributed by atoms with Crippen LogP contribution in [0.25, 0.3) is 0 Å². The summed E-state index contributed by atoms with van der Waals surface area (Å²) in [5.74, 6) is 0.620. The topological polar surface area (TPSA) is 362 Å². The van der Waals surface area contributed by atoms with Crippen LogP contribution in [0.2, 0.25) is 0 Å². The van der Waals surface area contributed by atoms with Gasteiger partial charge in [-0.2, -0.15) is 52.7 Å². The molecule has 0 aliphatic heterocycles. The number of anilines is 8. The molecule has 0 radical (unpaired) electrons. The van der Waals surface area contributed by atoms with Crippen molar-refractivity contribution in [3.05, 3.63) is 258 Å². The van der Waals surface area contributed by atoms with Crippen LogP contribution in [0.15, 0.2) is 265 Å². The predicted molar refractivity (Wildman–Crippen MR) is 464 cm³/mol. The fourth-order valence-electron chi connectivity index (χ4n) is 11.2. The number of benzene rings is 10. The number of urea groups is 4. The molecule has 10 rings (SSSR count). The molecule has 0 aliphatic carbocycles. The number of hydrogen-bond donors (Lipinski definition) is 8. The number of hydrogen-bond acceptors (Lipinski definition) is 17. The number of alkyl halides is 12. The number of halogens is 12. The first-order valence-corrected chi connectivity index (χ1v) is 48.5. The van der Waals surface area contributed by atoms with E-state index in [1.807, 2.05) is 6.92 Å². The van der Waals surface area contributed by atoms with E-state index in [-0.39, 0.29) is 115 Å². The Morgan fingerprint density at radius 2 is 0.685 bits per heavy atom. The molecule has 1 atom stereocenters. The molecule has 1 unspecified atom stereocenters. The van der Waals surface area contributed by atoms with Crippen molar-refractivity contribution in [3.8, 4) is 11.5 Å². The minimum Gasteiger partial charge on any atom is -0.455 e. The molecule has 0 bridgehead atoms. The standard InChI is InChI=1S/C27H21F3N2O4S.C19H21F3N2O5S2.C19H21F3N2O4S2.C19H21F3N2O3S2/c28-27(29,30)20-10-7-11-21(16-20)31-26(33)32-24-17-23(37(34,35)18-19-8-3-1-4-9-19)14-15-25(24)36-22-12-5-2-6-13-22;1-3-10-31(28,29)15-8-9-17(30(26,27)4-2)16(12-15)24-18(25)23-14-7-5-6-13(11-14)19(20,21)22;1-3-10-30(27,28)15-8-9-17(29(26)4-2)16(12-15)24-18(25)23-14-7-5-6-13(11-14)19(20,21)22;1-3-10-29(26,27)15-8-9-17(28-4-2)16(12-15)24-18(25)23-14-7-5-6-13(11-14)19(20,21)22/h1-17H,18H2,(H2,31,32,33);5-9,11-12H,3-4,10H2,1-2H3,(H2,23,24,25);5-9,11-12H,3-4,10H2,1-2H3,(H2,23,24,25);5-9,11-12H,3-4,10H2,1-2H3,(H2,23,24,25). The van der Waals surface area contributed by atoms with Gasteiger partial charge in [0.1, 0.15) is 5.75 Å². The van der Waals surface area contributed by atoms with Crippen LogP contribution in [0.5, 0.6) is 11.5 Å². The van der Waals surface area contributed by atoms with Crippen LogP contribution >= 0.6 is 11.8 Å². The lowest BCUT2D eigenvalue weighted by Crippen LogP contribution is -2.22. The molecular weight excluding hydrogens is 1830 g/mol. The van der Waals surface area contributed by atoms with Gasteiger partial charge in [0.05, 0.1) is 114 Å². The fraction of sp³-hybridized carbons (Fsp3) is 0.238. The summed E-state index contributed by atoms with van der Waals surface area (Å²) in [5.41, 5.74) is -3.52. The third-order valence-electron chi connectivity index (χ3n) is 17.1. The van der Waals surface area contributed by atoms with E-state index in [0.717, 1.165) is 72.8 Å². The summed E-state index contributed by atoms with van der Waals surface area (Å²) in [6, 6.07) is 45.6. The van der Waals surface area contributed by atoms with Crippen molar-refractivity contribution in [3.63, 3.8) is 0 Å². The molecule has 8 amide bonds. The molecular formula is C84H84F12N8O16S7. The maximum atomic E-state index is 13.1. The number of carbonyl (C=O) groups is 4. The number of thioether (sulfide) groups is 1. The zero-order chi connectivity index (χ0) is 94.1. The summed E-state index contributed by atoms with van der Waals surface area (Å²) in [5, 5.41) is 18.8. The van der Waals surface area contributed by atoms with Crippen LogP contribution in [0, 0.1) is 0 Å². The van der Waals surface area contributed by atoms with Crippen molar-refractivity contribution in [2.75, 3.05) is 77.1 Å². The first kappa shape index (κ1) is 103. The van der Waals surface area contributed by atoms with Gasteiger partial charge in [-0.15, -0.1) is 11.8 Å². The molecule has 43 heteroatoms. The molecule has 0 aliphatic rings. The van der Waals surface area contributed by atoms with Crippen LogP contribution in [-0.4, -0.2) is 105 Å². The van der Waals surface area contributed by atoms with E-state index in [4.69, 9.17) is 4.74 Å². The van der Waals surface area contributed by atoms with Crippen molar-refractivity contribution < 1.29 is 123 Å². The average molecular weight is 1910 g/mol. The first-order valence-electron chi connectivity index (χ1n) is 37.9. The SMILES string of the molecule is CCCS(=O)(=O)c1ccc(S(=O)(=O)CC)c(NC(=O)Nc2cccc(C(F)(F)F)c2)c1.CCCS(=O)(=O)c1ccc(S(=O)CC)c(NC(=O)Nc2cccc(C(F)(F)F)c2)c1.CCCS(=O)(=O)c1ccc(SCC)c(NC(=O)Nc2cccc(C(F)(F)F)c2)c1.O=C(Nc1cccc(C(F)(F)F)c1)Nc1cc(S(=O)(=O)Cc2ccccc2)ccc1Oc1ccccc1. The maximum Gasteiger partial charge on any atom is 0.416 e. The molecule has 0 saturated heterocycles. The smallest absolute Gasteiger partial charge is 0.416 e. The number of ether oxygens (including phenoxy) is 1. The second-order valence-electron chi connectivity index (χ2n) is 26.8. The number of carbonyl (C=O) groups excluding carboxylic acids is 4. The van der Waals surface area contributed by atoms with E-state index in [1.54, 1.807) is 94.4 Å². The number of amides is 8. The molecule has 10 aromatic carbocycles. The van der Waals surface area contributed by atoms with Gasteiger partial charge in [-0.3, -0.25) is 4.21 Å². The van der Waals surface area contributed by atoms with Crippen LogP contribution < -0.4 is 47.3 Å². The van der Waals surface area contributed by atoms with Crippen molar-refractivity contribution in [1.29, 1.82) is 0 Å². The zero-order valence-corrected chi connectivity index (χ0v) is 73.7. The largest absolute Gasteiger partial charge is 0.455 e. The van der Waals surface area contributed by atoms with E-state index in [0.29, 0.717) is 47.3 Å². The lowest BCUT2D eigenvalue weighted by molar-refractivity contribution is -0.138. The molecule has 0 aromatic heterocycles. The highest BCUT2D eigenvalue weighted by atomic mass is 32.2. The highest BCUT2D eigenvalue weighted by molar-refractivity contribution is 7.99. The Morgan fingerprint density at radius 3 is 1.07 bits per heavy atom. The fourth-order valence-corrected chi connectivity index (χ4v) is 19.3. The third kappa shape index (κ3) is 31.2. The molecule has 24 nitrogen and oxygen atoms in total. The quantitative estimate of drug-likeness (QED) is 0.0167. The van der Waals surface area contributed by atoms with Crippen LogP contribution in [0.3, 0.4) is 0 Å². The number of para-hydroxylation sites is 1. The monoisotopic (exact) mass is 1910 g/mol. The number of sulfone groups is 5. The van der Waals surface area contributed by atoms with E-state index in [1.165, 1.54) is 104 Å². The van der Waals surface area contributed by atoms with Crippen molar-refractivity contribution in [1.82, 2.24) is 0 Å². The van der Waals surface area contributed by atoms with Crippen molar-refractivity contribution in [2.24, 2.45) is 0 Å². The number of rotatable bonds is 28. The van der Waals surface area contributed by atoms with E-state index in [9.17, 15) is 118 Å². The Hall–Kier alpha value is -11.5. The molecule has 10 aromatic rings. The number of nitrogens with one attached hydrogen (secondary N) is 8. The summed E-state index contributed by atoms with van der Waals surface area (Å²) in [4.78, 5) is 50.1. The van der Waals surface area contributed by atoms with Gasteiger partial charge in [0.2, 0.25) is 0 Å². The van der Waals surface area contributed by atoms with Gasteiger partial charge in [-0.25, -0.2) is 61.3 Å². The van der Waals surface area contributed by atoms with E-state index in [2.05, 4.69) is 42.5 Å². The van der Waals surface area contributed by atoms with Crippen molar-refractivity contribution >= 4 is 141 Å². The lowest BCUT2D eigenvalue weighted by atomic mass is 10.2. The summed E-state index contributed by atoms with van der Waals surface area (Å²) in [6.07, 6.45) is -17.1. The molecule has 0 fully saturated rings. The summed E-state index contributed by atoms with van der Waals surface area (Å²) in [7, 11) is -19.9. The summed E-state index contributed by atoms with van der Waals surface area (Å²) < 4.78 is 297. The highest BCUT2D eigenvalue weighted by Gasteiger charge is 2.35. The second-order valence-corrected chi connectivity index (χ2v) is 40.4. The highest BCUT2D eigenvalue weighted by Crippen LogP contribution is 2.39. The van der Waals surface area contributed by atoms with Gasteiger partial charge >= 0.3 is 48.8 Å². The Kier molecular flexibility index (Phi) is 36.2. The van der Waals surface area contributed by atoms with Crippen molar-refractivity contribution in [2.45, 2.75) is 126 Å². The minimum absolute atomic E-state index is 0.0110. The maximum absolute atomic E-state index is 13.1. The van der Waals surface area contributed by atoms with E-state index < -0.39 is 131 Å². The van der Waals surface area contributed by atoms with Gasteiger partial charge in [0.15, 0.2) is 54.9 Å². The third-order valence-corrected chi connectivity index (χ3v) is 28.7. The minimum atomic E-state index is -4.61. The summed E-state index contributed by atoms with van der Waals surface area (Å²) in [6.45, 7) is 10.1. The van der Waals surface area contributed by atoms with Crippen LogP contribution in [-0.2, 0) is 90.4 Å². The molecule has 0 heterocycles. The Balaban J connectivity index is 0.000000233. The van der Waals surface area contributed by atoms with Crippen LogP contribution in [0.4, 0.5) is 117 Å². The van der Waals surface area contributed by atoms with Gasteiger partial charge in [-0.1, -0.05) is 114 Å². The summed E-state index contributed by atoms with van der Waals surface area (Å²) >= 11 is 1.40. The Labute approximate surface area is 731 Å². The lowest BCUT2D eigenvalue weighted by Gasteiger charge is -2.15.